The van der Waals surface area contributed by atoms with Crippen LogP contribution < -0.4 is 5.32 Å². The molecule has 0 radical (unpaired) electrons. The monoisotopic (exact) mass is 273 g/mol. The highest BCUT2D eigenvalue weighted by molar-refractivity contribution is 6.31. The number of carbonyl (C=O) groups excluding carboxylic acids is 1. The molecule has 2 nitrogen and oxygen atoms in total. The van der Waals surface area contributed by atoms with Gasteiger partial charge in [0.05, 0.1) is 0 Å². The second kappa shape index (κ2) is 6.27. The van der Waals surface area contributed by atoms with Gasteiger partial charge in [0.2, 0.25) is 0 Å². The van der Waals surface area contributed by atoms with E-state index in [2.05, 4.69) is 5.32 Å². The van der Waals surface area contributed by atoms with Gasteiger partial charge in [0, 0.05) is 22.0 Å². The zero-order valence-electron chi connectivity index (χ0n) is 10.3. The normalized spacial score (nSPS) is 14.2. The van der Waals surface area contributed by atoms with Gasteiger partial charge in [-0.3, -0.25) is 4.79 Å². The maximum Gasteiger partial charge on any atom is 0.251 e. The Morgan fingerprint density at radius 3 is 2.53 bits per heavy atom. The molecule has 94 valence electrons. The first kappa shape index (κ1) is 14.3. The molecule has 1 aromatic carbocycles. The molecule has 0 spiro atoms. The lowest BCUT2D eigenvalue weighted by Gasteiger charge is -2.15. The summed E-state index contributed by atoms with van der Waals surface area (Å²) >= 11 is 11.8. The standard InChI is InChI=1S/C13H17Cl2NO/c1-8-4-11(7-12(15)5-8)13(17)16-10(3)6-9(2)14/h4-5,7,9-10H,6H2,1-3H3,(H,16,17). The third-order valence-corrected chi connectivity index (χ3v) is 2.76. The fourth-order valence-corrected chi connectivity index (χ4v) is 2.28. The molecule has 0 aliphatic rings. The third kappa shape index (κ3) is 4.97. The predicted octanol–water partition coefficient (Wildman–Crippen LogP) is 3.78. The SMILES string of the molecule is Cc1cc(Cl)cc(C(=O)NC(C)CC(C)Cl)c1. The fourth-order valence-electron chi connectivity index (χ4n) is 1.72. The fraction of sp³-hybridized carbons (Fsp3) is 0.462. The Hall–Kier alpha value is -0.730. The largest absolute Gasteiger partial charge is 0.350 e. The van der Waals surface area contributed by atoms with E-state index in [9.17, 15) is 4.79 Å². The first-order valence-electron chi connectivity index (χ1n) is 5.60. The Balaban J connectivity index is 2.69. The van der Waals surface area contributed by atoms with E-state index < -0.39 is 0 Å². The van der Waals surface area contributed by atoms with Gasteiger partial charge in [-0.05, 0) is 51.0 Å². The lowest BCUT2D eigenvalue weighted by atomic mass is 10.1. The van der Waals surface area contributed by atoms with Crippen molar-refractivity contribution in [3.8, 4) is 0 Å². The van der Waals surface area contributed by atoms with E-state index in [1.165, 1.54) is 0 Å². The van der Waals surface area contributed by atoms with Gasteiger partial charge in [-0.25, -0.2) is 0 Å². The average molecular weight is 274 g/mol. The number of aryl methyl sites for hydroxylation is 1. The lowest BCUT2D eigenvalue weighted by Crippen LogP contribution is -2.33. The van der Waals surface area contributed by atoms with Crippen molar-refractivity contribution in [3.63, 3.8) is 0 Å². The van der Waals surface area contributed by atoms with Crippen molar-refractivity contribution in [2.24, 2.45) is 0 Å². The van der Waals surface area contributed by atoms with Crippen molar-refractivity contribution in [2.75, 3.05) is 0 Å². The molecule has 0 aliphatic carbocycles. The van der Waals surface area contributed by atoms with Crippen molar-refractivity contribution in [2.45, 2.75) is 38.6 Å². The van der Waals surface area contributed by atoms with Crippen LogP contribution in [0.2, 0.25) is 5.02 Å². The Bertz CT molecular complexity index is 384. The molecule has 0 aliphatic heterocycles. The van der Waals surface area contributed by atoms with Crippen LogP contribution in [0.15, 0.2) is 18.2 Å². The molecule has 17 heavy (non-hydrogen) atoms. The van der Waals surface area contributed by atoms with Crippen LogP contribution in [0.4, 0.5) is 0 Å². The molecule has 0 aromatic heterocycles. The molecular weight excluding hydrogens is 257 g/mol. The summed E-state index contributed by atoms with van der Waals surface area (Å²) in [6.45, 7) is 5.76. The highest BCUT2D eigenvalue weighted by atomic mass is 35.5. The van der Waals surface area contributed by atoms with Gasteiger partial charge >= 0.3 is 0 Å². The van der Waals surface area contributed by atoms with Gasteiger partial charge in [-0.15, -0.1) is 11.6 Å². The maximum atomic E-state index is 11.9. The van der Waals surface area contributed by atoms with Crippen LogP contribution in [0.3, 0.4) is 0 Å². The molecule has 0 saturated heterocycles. The van der Waals surface area contributed by atoms with E-state index in [0.717, 1.165) is 12.0 Å². The van der Waals surface area contributed by atoms with E-state index in [0.29, 0.717) is 10.6 Å². The van der Waals surface area contributed by atoms with E-state index in [1.54, 1.807) is 6.07 Å². The molecular formula is C13H17Cl2NO. The second-order valence-electron chi connectivity index (χ2n) is 4.41. The zero-order chi connectivity index (χ0) is 13.0. The van der Waals surface area contributed by atoms with Crippen molar-refractivity contribution in [1.29, 1.82) is 0 Å². The lowest BCUT2D eigenvalue weighted by molar-refractivity contribution is 0.0938. The van der Waals surface area contributed by atoms with Gasteiger partial charge in [0.1, 0.15) is 0 Å². The minimum atomic E-state index is -0.111. The number of benzene rings is 1. The molecule has 0 saturated carbocycles. The summed E-state index contributed by atoms with van der Waals surface area (Å²) in [5.41, 5.74) is 1.56. The molecule has 0 heterocycles. The van der Waals surface area contributed by atoms with Crippen LogP contribution in [0.5, 0.6) is 0 Å². The summed E-state index contributed by atoms with van der Waals surface area (Å²) in [7, 11) is 0. The molecule has 1 N–H and O–H groups in total. The molecule has 2 unspecified atom stereocenters. The number of hydrogen-bond acceptors (Lipinski definition) is 1. The summed E-state index contributed by atoms with van der Waals surface area (Å²) in [5, 5.41) is 3.52. The summed E-state index contributed by atoms with van der Waals surface area (Å²) < 4.78 is 0. The van der Waals surface area contributed by atoms with Crippen molar-refractivity contribution < 1.29 is 4.79 Å². The van der Waals surface area contributed by atoms with Crippen LogP contribution in [0.1, 0.15) is 36.2 Å². The van der Waals surface area contributed by atoms with Crippen molar-refractivity contribution in [3.05, 3.63) is 34.3 Å². The van der Waals surface area contributed by atoms with Gasteiger partial charge in [0.15, 0.2) is 0 Å². The van der Waals surface area contributed by atoms with E-state index in [-0.39, 0.29) is 17.3 Å². The van der Waals surface area contributed by atoms with Gasteiger partial charge in [-0.1, -0.05) is 11.6 Å². The third-order valence-electron chi connectivity index (χ3n) is 2.36. The molecule has 1 amide bonds. The Morgan fingerprint density at radius 1 is 1.35 bits per heavy atom. The molecule has 1 rings (SSSR count). The number of hydrogen-bond donors (Lipinski definition) is 1. The summed E-state index contributed by atoms with van der Waals surface area (Å²) in [5.74, 6) is -0.111. The van der Waals surface area contributed by atoms with E-state index >= 15 is 0 Å². The molecule has 0 fully saturated rings. The topological polar surface area (TPSA) is 29.1 Å². The number of rotatable bonds is 4. The van der Waals surface area contributed by atoms with Gasteiger partial charge < -0.3 is 5.32 Å². The number of amides is 1. The average Bonchev–Trinajstić information content (AvgIpc) is 2.14. The van der Waals surface area contributed by atoms with Crippen molar-refractivity contribution >= 4 is 29.1 Å². The van der Waals surface area contributed by atoms with Crippen LogP contribution in [0, 0.1) is 6.92 Å². The van der Waals surface area contributed by atoms with Crippen molar-refractivity contribution in [1.82, 2.24) is 5.32 Å². The number of alkyl halides is 1. The Morgan fingerprint density at radius 2 is 2.00 bits per heavy atom. The van der Waals surface area contributed by atoms with Crippen LogP contribution in [-0.4, -0.2) is 17.3 Å². The first-order valence-corrected chi connectivity index (χ1v) is 6.42. The minimum absolute atomic E-state index is 0.0476. The number of halogens is 2. The number of carbonyl (C=O) groups is 1. The quantitative estimate of drug-likeness (QED) is 0.832. The zero-order valence-corrected chi connectivity index (χ0v) is 11.8. The minimum Gasteiger partial charge on any atom is -0.350 e. The van der Waals surface area contributed by atoms with Gasteiger partial charge in [0.25, 0.3) is 5.91 Å². The highest BCUT2D eigenvalue weighted by Crippen LogP contribution is 2.15. The smallest absolute Gasteiger partial charge is 0.251 e. The van der Waals surface area contributed by atoms with E-state index in [4.69, 9.17) is 23.2 Å². The molecule has 1 aromatic rings. The molecule has 0 bridgehead atoms. The Kier molecular flexibility index (Phi) is 5.29. The second-order valence-corrected chi connectivity index (χ2v) is 5.59. The highest BCUT2D eigenvalue weighted by Gasteiger charge is 2.12. The summed E-state index contributed by atoms with van der Waals surface area (Å²) in [6.07, 6.45) is 0.743. The molecule has 4 heteroatoms. The van der Waals surface area contributed by atoms with Crippen LogP contribution >= 0.6 is 23.2 Å². The first-order chi connectivity index (χ1) is 7.88. The van der Waals surface area contributed by atoms with Gasteiger partial charge in [-0.2, -0.15) is 0 Å². The summed E-state index contributed by atoms with van der Waals surface area (Å²) in [4.78, 5) is 11.9. The number of nitrogens with one attached hydrogen (secondary N) is 1. The van der Waals surface area contributed by atoms with E-state index in [1.807, 2.05) is 32.9 Å². The predicted molar refractivity (Wildman–Crippen MR) is 73.0 cm³/mol. The summed E-state index contributed by atoms with van der Waals surface area (Å²) in [6, 6.07) is 5.36. The Labute approximate surface area is 112 Å². The molecule has 2 atom stereocenters. The maximum absolute atomic E-state index is 11.9. The van der Waals surface area contributed by atoms with Crippen LogP contribution in [-0.2, 0) is 0 Å². The van der Waals surface area contributed by atoms with Crippen LogP contribution in [0.25, 0.3) is 0 Å².